The Labute approximate surface area is 415 Å². The zero-order valence-corrected chi connectivity index (χ0v) is 42.7. The van der Waals surface area contributed by atoms with E-state index < -0.39 is 19.8 Å². The summed E-state index contributed by atoms with van der Waals surface area (Å²) < 4.78 is 46.3. The summed E-state index contributed by atoms with van der Waals surface area (Å²) in [4.78, 5) is 9.58. The minimum absolute atomic E-state index is 0. The van der Waals surface area contributed by atoms with E-state index in [-0.39, 0.29) is 31.9 Å². The molecule has 3 heterocycles. The van der Waals surface area contributed by atoms with Crippen LogP contribution in [0.5, 0.6) is 0 Å². The van der Waals surface area contributed by atoms with Crippen LogP contribution in [0, 0.1) is 23.5 Å². The van der Waals surface area contributed by atoms with Gasteiger partial charge in [0, 0.05) is 37.4 Å². The van der Waals surface area contributed by atoms with Crippen LogP contribution in [0.2, 0.25) is 19.6 Å². The molecule has 0 saturated heterocycles. The Hall–Kier alpha value is -6.89. The second-order valence-electron chi connectivity index (χ2n) is 18.7. The molecule has 0 aliphatic heterocycles. The van der Waals surface area contributed by atoms with Gasteiger partial charge in [-0.2, -0.15) is 18.4 Å². The molecule has 0 aliphatic carbocycles. The normalized spacial score (nSPS) is 11.8. The first-order valence-corrected chi connectivity index (χ1v) is 26.2. The maximum absolute atomic E-state index is 12.5. The Morgan fingerprint density at radius 2 is 1.35 bits per heavy atom. The second-order valence-corrected chi connectivity index (χ2v) is 23.8. The Bertz CT molecular complexity index is 3390. The molecule has 10 rings (SSSR count). The van der Waals surface area contributed by atoms with Gasteiger partial charge in [-0.25, -0.2) is 0 Å². The molecular weight excluding hydrogens is 1060 g/mol. The molecule has 0 bridgehead atoms. The fourth-order valence-corrected chi connectivity index (χ4v) is 9.66. The zero-order chi connectivity index (χ0) is 47.9. The number of nitrogens with zero attached hydrogens (tertiary/aromatic N) is 4. The first-order valence-electron chi connectivity index (χ1n) is 22.7. The van der Waals surface area contributed by atoms with E-state index in [1.54, 1.807) is 6.07 Å². The number of halogens is 3. The monoisotopic (exact) mass is 1110 g/mol. The van der Waals surface area contributed by atoms with Gasteiger partial charge in [0.25, 0.3) is 0 Å². The molecule has 0 unspecified atom stereocenters. The summed E-state index contributed by atoms with van der Waals surface area (Å²) in [6.07, 6.45) is -2.52. The smallest absolute Gasteiger partial charge is 0.381 e. The van der Waals surface area contributed by atoms with Crippen LogP contribution in [-0.4, -0.2) is 22.6 Å². The number of para-hydroxylation sites is 2. The predicted octanol–water partition coefficient (Wildman–Crippen LogP) is 16.0. The molecule has 0 spiro atoms. The zero-order valence-electron chi connectivity index (χ0n) is 39.3. The summed E-state index contributed by atoms with van der Waals surface area (Å²) in [7, 11) is -1.41. The number of fused-ring (bicyclic) bond motifs is 4. The SMILES string of the molecule is CC(C)c1cc(-c2ccc(-c3ccccc3)cc2)cc(C(C)C)c1-n1c(-c2[c-]ccc3c2oc2cc(C#N)ccc23)nc2ccccc21.C[Si](C)(C)c1ccc(-c2[c-]cc(C(F)(F)F)cc2)nc1.[Ir]. The van der Waals surface area contributed by atoms with Crippen molar-refractivity contribution in [2.75, 3.05) is 0 Å². The van der Waals surface area contributed by atoms with Crippen molar-refractivity contribution in [1.82, 2.24) is 14.5 Å². The molecule has 0 aliphatic rings. The fraction of sp³-hybridized carbons (Fsp3) is 0.169. The predicted molar refractivity (Wildman–Crippen MR) is 273 cm³/mol. The number of hydrogen-bond donors (Lipinski definition) is 0. The topological polar surface area (TPSA) is 67.6 Å². The van der Waals surface area contributed by atoms with Gasteiger partial charge in [-0.3, -0.25) is 4.98 Å². The van der Waals surface area contributed by atoms with E-state index >= 15 is 0 Å². The molecule has 0 saturated carbocycles. The van der Waals surface area contributed by atoms with Gasteiger partial charge in [0.1, 0.15) is 5.58 Å². The van der Waals surface area contributed by atoms with Crippen LogP contribution in [0.15, 0.2) is 162 Å². The van der Waals surface area contributed by atoms with Crippen LogP contribution in [0.1, 0.15) is 61.8 Å². The molecule has 0 N–H and O–H groups in total. The minimum atomic E-state index is -4.33. The number of nitriles is 1. The van der Waals surface area contributed by atoms with Crippen molar-refractivity contribution in [1.29, 1.82) is 5.26 Å². The quantitative estimate of drug-likeness (QED) is 0.112. The average molecular weight is 1110 g/mol. The van der Waals surface area contributed by atoms with Crippen LogP contribution in [0.4, 0.5) is 13.2 Å². The van der Waals surface area contributed by atoms with Gasteiger partial charge in [-0.05, 0) is 98.1 Å². The molecule has 3 aromatic heterocycles. The third-order valence-electron chi connectivity index (χ3n) is 12.4. The molecular formula is C59H49F3IrN4OSi-2. The molecule has 69 heavy (non-hydrogen) atoms. The number of imidazole rings is 1. The van der Waals surface area contributed by atoms with Gasteiger partial charge < -0.3 is 14.0 Å². The first-order chi connectivity index (χ1) is 32.6. The number of furan rings is 1. The Morgan fingerprint density at radius 3 is 1.94 bits per heavy atom. The first kappa shape index (κ1) is 48.6. The van der Waals surface area contributed by atoms with Crippen molar-refractivity contribution in [2.24, 2.45) is 0 Å². The van der Waals surface area contributed by atoms with E-state index in [1.165, 1.54) is 44.6 Å². The van der Waals surface area contributed by atoms with Gasteiger partial charge in [0.05, 0.1) is 42.1 Å². The van der Waals surface area contributed by atoms with Crippen molar-refractivity contribution >= 4 is 46.2 Å². The van der Waals surface area contributed by atoms with Crippen molar-refractivity contribution in [3.05, 3.63) is 192 Å². The third kappa shape index (κ3) is 9.86. The maximum Gasteiger partial charge on any atom is 0.381 e. The van der Waals surface area contributed by atoms with E-state index in [4.69, 9.17) is 9.40 Å². The summed E-state index contributed by atoms with van der Waals surface area (Å²) >= 11 is 0. The summed E-state index contributed by atoms with van der Waals surface area (Å²) in [5, 5.41) is 12.7. The molecule has 0 atom stereocenters. The number of rotatable bonds is 8. The summed E-state index contributed by atoms with van der Waals surface area (Å²) in [6.45, 7) is 15.7. The third-order valence-corrected chi connectivity index (χ3v) is 14.4. The van der Waals surface area contributed by atoms with Gasteiger partial charge in [0.2, 0.25) is 0 Å². The summed E-state index contributed by atoms with van der Waals surface area (Å²) in [5.74, 6) is 1.26. The van der Waals surface area contributed by atoms with E-state index in [2.05, 4.69) is 160 Å². The van der Waals surface area contributed by atoms with Crippen LogP contribution >= 0.6 is 0 Å². The molecule has 1 radical (unpaired) electrons. The Balaban J connectivity index is 0.000000257. The number of hydrogen-bond acceptors (Lipinski definition) is 4. The van der Waals surface area contributed by atoms with Crippen molar-refractivity contribution in [3.63, 3.8) is 0 Å². The molecule has 0 amide bonds. The Morgan fingerprint density at radius 1 is 0.696 bits per heavy atom. The fourth-order valence-electron chi connectivity index (χ4n) is 8.63. The Kier molecular flexibility index (Phi) is 13.8. The van der Waals surface area contributed by atoms with Crippen molar-refractivity contribution in [3.8, 4) is 56.7 Å². The van der Waals surface area contributed by atoms with Gasteiger partial charge in [-0.15, -0.1) is 48.0 Å². The van der Waals surface area contributed by atoms with Gasteiger partial charge >= 0.3 is 6.18 Å². The van der Waals surface area contributed by atoms with Crippen molar-refractivity contribution in [2.45, 2.75) is 65.3 Å². The molecule has 347 valence electrons. The van der Waals surface area contributed by atoms with E-state index in [0.29, 0.717) is 28.0 Å². The van der Waals surface area contributed by atoms with Crippen molar-refractivity contribution < 1.29 is 37.7 Å². The van der Waals surface area contributed by atoms with E-state index in [0.717, 1.165) is 51.0 Å². The summed E-state index contributed by atoms with van der Waals surface area (Å²) in [5.41, 5.74) is 13.7. The van der Waals surface area contributed by atoms with E-state index in [9.17, 15) is 18.4 Å². The van der Waals surface area contributed by atoms with Crippen LogP contribution in [-0.2, 0) is 26.3 Å². The number of pyridine rings is 1. The number of aromatic nitrogens is 3. The number of alkyl halides is 3. The van der Waals surface area contributed by atoms with Gasteiger partial charge in [-0.1, -0.05) is 143 Å². The molecule has 7 aromatic carbocycles. The van der Waals surface area contributed by atoms with Gasteiger partial charge in [0.15, 0.2) is 0 Å². The molecule has 10 aromatic rings. The standard InChI is InChI=1S/C44H34N3O.C15H15F3NSi.Ir/c1-27(2)37-24-33(32-20-18-31(19-21-32)30-11-6-5-7-12-30)25-38(28(3)4)42(37)47-40-16-9-8-15-39(40)46-44(47)36-14-10-13-35-34-22-17-29(26-45)23-41(34)48-43(35)36;1-20(2,3)13-8-9-14(19-10-13)11-4-6-12(7-5-11)15(16,17)18;/h5-13,15-25,27-28H,1-4H3;4,6-10H,1-3H3;/q2*-1;. The van der Waals surface area contributed by atoms with E-state index in [1.807, 2.05) is 48.7 Å². The maximum atomic E-state index is 12.5. The molecule has 5 nitrogen and oxygen atoms in total. The average Bonchev–Trinajstić information content (AvgIpc) is 3.92. The van der Waals surface area contributed by atoms with Crippen LogP contribution in [0.3, 0.4) is 0 Å². The largest absolute Gasteiger partial charge is 0.500 e. The minimum Gasteiger partial charge on any atom is -0.500 e. The van der Waals surface area contributed by atoms with Crippen LogP contribution < -0.4 is 5.19 Å². The summed E-state index contributed by atoms with van der Waals surface area (Å²) in [6, 6.07) is 57.7. The number of benzene rings is 7. The molecule has 10 heteroatoms. The second kappa shape index (κ2) is 19.6. The molecule has 0 fully saturated rings. The van der Waals surface area contributed by atoms with Crippen LogP contribution in [0.25, 0.3) is 83.6 Å².